The minimum atomic E-state index is -3.82. The first-order valence-electron chi connectivity index (χ1n) is 3.03. The van der Waals surface area contributed by atoms with Gasteiger partial charge in [-0.05, 0) is 0 Å². The van der Waals surface area contributed by atoms with Gasteiger partial charge in [-0.15, -0.1) is 10.2 Å². The van der Waals surface area contributed by atoms with Gasteiger partial charge in [0.1, 0.15) is 0 Å². The van der Waals surface area contributed by atoms with Gasteiger partial charge in [-0.1, -0.05) is 11.3 Å². The van der Waals surface area contributed by atoms with Gasteiger partial charge < -0.3 is 5.32 Å². The number of nitrogens with one attached hydrogen (secondary N) is 1. The number of hydrogen-bond donors (Lipinski definition) is 2. The molecule has 1 aromatic rings. The maximum atomic E-state index is 10.7. The molecule has 0 aliphatic rings. The van der Waals surface area contributed by atoms with Crippen molar-refractivity contribution in [2.45, 2.75) is 11.3 Å². The zero-order chi connectivity index (χ0) is 10.1. The molecule has 1 aromatic heterocycles. The summed E-state index contributed by atoms with van der Waals surface area (Å²) in [7, 11) is -3.82. The number of hydrogen-bond acceptors (Lipinski definition) is 6. The van der Waals surface area contributed by atoms with Crippen LogP contribution in [0.15, 0.2) is 4.34 Å². The average molecular weight is 245 g/mol. The number of nitrogens with zero attached hydrogens (tertiary/aromatic N) is 2. The first-order valence-corrected chi connectivity index (χ1v) is 5.40. The third kappa shape index (κ3) is 3.98. The molecule has 14 heavy (non-hydrogen) atoms. The largest absolute Gasteiger partial charge is 0.301 e. The second-order valence-corrected chi connectivity index (χ2v) is 4.81. The molecule has 1 amide bonds. The fourth-order valence-corrected chi connectivity index (χ4v) is 1.91. The normalized spacial score (nSPS) is 10.4. The first kappa shape index (κ1) is 13.9. The summed E-state index contributed by atoms with van der Waals surface area (Å²) in [6.07, 6.45) is 0. The minimum Gasteiger partial charge on any atom is -0.301 e. The van der Waals surface area contributed by atoms with Crippen molar-refractivity contribution in [2.75, 3.05) is 5.32 Å². The number of nitrogens with two attached hydrogens (primary N) is 1. The summed E-state index contributed by atoms with van der Waals surface area (Å²) >= 11 is 0.701. The molecule has 0 aromatic carbocycles. The van der Waals surface area contributed by atoms with Gasteiger partial charge >= 0.3 is 0 Å². The number of carbonyl (C=O) groups excluding carboxylic acids is 1. The molecular formula is C4H6N4NaO3S2. The molecule has 0 unspecified atom stereocenters. The molecular weight excluding hydrogens is 239 g/mol. The Labute approximate surface area is 106 Å². The molecule has 1 radical (unpaired) electrons. The maximum absolute atomic E-state index is 10.7. The van der Waals surface area contributed by atoms with Crippen molar-refractivity contribution in [1.82, 2.24) is 10.2 Å². The molecule has 7 nitrogen and oxygen atoms in total. The van der Waals surface area contributed by atoms with E-state index >= 15 is 0 Å². The van der Waals surface area contributed by atoms with E-state index in [-0.39, 0.29) is 44.9 Å². The predicted octanol–water partition coefficient (Wildman–Crippen LogP) is -1.24. The Morgan fingerprint density at radius 3 is 2.43 bits per heavy atom. The van der Waals surface area contributed by atoms with E-state index in [9.17, 15) is 13.2 Å². The molecule has 0 saturated heterocycles. The summed E-state index contributed by atoms with van der Waals surface area (Å²) in [5, 5.41) is 13.8. The molecule has 1 heterocycles. The quantitative estimate of drug-likeness (QED) is 0.499. The Morgan fingerprint density at radius 2 is 2.07 bits per heavy atom. The summed E-state index contributed by atoms with van der Waals surface area (Å²) in [5.41, 5.74) is 0. The number of carbonyl (C=O) groups is 1. The van der Waals surface area contributed by atoms with E-state index in [0.717, 1.165) is 0 Å². The van der Waals surface area contributed by atoms with Crippen molar-refractivity contribution in [1.29, 1.82) is 0 Å². The van der Waals surface area contributed by atoms with Gasteiger partial charge in [-0.25, -0.2) is 13.6 Å². The van der Waals surface area contributed by atoms with Crippen LogP contribution in [0.5, 0.6) is 0 Å². The van der Waals surface area contributed by atoms with Crippen molar-refractivity contribution in [3.63, 3.8) is 0 Å². The number of sulfonamides is 1. The molecule has 3 N–H and O–H groups in total. The summed E-state index contributed by atoms with van der Waals surface area (Å²) in [4.78, 5) is 10.5. The molecule has 10 heteroatoms. The standard InChI is InChI=1S/C4H6N4O3S2.Na/c1-2(9)6-3-7-8-4(12-3)13(5,10)11;/h1H3,(H2,5,10,11)(H,6,7,9);. The first-order chi connectivity index (χ1) is 5.89. The van der Waals surface area contributed by atoms with Crippen molar-refractivity contribution in [3.05, 3.63) is 0 Å². The van der Waals surface area contributed by atoms with Crippen molar-refractivity contribution < 1.29 is 13.2 Å². The number of anilines is 1. The number of aromatic nitrogens is 2. The fourth-order valence-electron chi connectivity index (χ4n) is 0.526. The molecule has 1 rings (SSSR count). The van der Waals surface area contributed by atoms with Gasteiger partial charge in [-0.2, -0.15) is 0 Å². The molecule has 0 aliphatic carbocycles. The molecule has 0 aliphatic heterocycles. The Kier molecular flexibility index (Phi) is 5.12. The van der Waals surface area contributed by atoms with Crippen molar-refractivity contribution >= 4 is 62.0 Å². The van der Waals surface area contributed by atoms with Gasteiger partial charge in [0.15, 0.2) is 0 Å². The average Bonchev–Trinajstić information content (AvgIpc) is 2.32. The number of primary sulfonamides is 1. The van der Waals surface area contributed by atoms with E-state index < -0.39 is 10.0 Å². The van der Waals surface area contributed by atoms with Crippen LogP contribution in [0, 0.1) is 0 Å². The second-order valence-electron chi connectivity index (χ2n) is 2.10. The van der Waals surface area contributed by atoms with Crippen LogP contribution >= 0.6 is 11.3 Å². The third-order valence-corrected chi connectivity index (χ3v) is 3.08. The van der Waals surface area contributed by atoms with Crippen LogP contribution in [0.1, 0.15) is 6.92 Å². The van der Waals surface area contributed by atoms with E-state index in [1.165, 1.54) is 6.92 Å². The zero-order valence-corrected chi connectivity index (χ0v) is 11.1. The van der Waals surface area contributed by atoms with Gasteiger partial charge in [-0.3, -0.25) is 4.79 Å². The van der Waals surface area contributed by atoms with Crippen LogP contribution in [-0.2, 0) is 14.8 Å². The van der Waals surface area contributed by atoms with E-state index in [4.69, 9.17) is 5.14 Å². The molecule has 0 atom stereocenters. The minimum absolute atomic E-state index is 0. The Bertz CT molecular complexity index is 428. The van der Waals surface area contributed by atoms with Crippen LogP contribution in [0.4, 0.5) is 5.13 Å². The van der Waals surface area contributed by atoms with E-state index in [1.54, 1.807) is 0 Å². The van der Waals surface area contributed by atoms with Gasteiger partial charge in [0.2, 0.25) is 15.4 Å². The van der Waals surface area contributed by atoms with Crippen LogP contribution in [0.2, 0.25) is 0 Å². The van der Waals surface area contributed by atoms with Crippen LogP contribution in [0.25, 0.3) is 0 Å². The van der Waals surface area contributed by atoms with Gasteiger partial charge in [0, 0.05) is 36.5 Å². The second kappa shape index (κ2) is 5.14. The van der Waals surface area contributed by atoms with Gasteiger partial charge in [0.25, 0.3) is 10.0 Å². The smallest absolute Gasteiger partial charge is 0.267 e. The van der Waals surface area contributed by atoms with E-state index in [0.29, 0.717) is 11.3 Å². The zero-order valence-electron chi connectivity index (χ0n) is 7.51. The number of amides is 1. The van der Waals surface area contributed by atoms with Crippen molar-refractivity contribution in [3.8, 4) is 0 Å². The van der Waals surface area contributed by atoms with Crippen LogP contribution in [0.3, 0.4) is 0 Å². The SMILES string of the molecule is CC(=O)Nc1nnc(S(N)(=O)=O)s1.[Na]. The summed E-state index contributed by atoms with van der Waals surface area (Å²) in [6, 6.07) is 0. The maximum Gasteiger partial charge on any atom is 0.267 e. The topological polar surface area (TPSA) is 115 Å². The fraction of sp³-hybridized carbons (Fsp3) is 0.250. The third-order valence-electron chi connectivity index (χ3n) is 0.933. The summed E-state index contributed by atoms with van der Waals surface area (Å²) in [5.74, 6) is -0.350. The van der Waals surface area contributed by atoms with Crippen molar-refractivity contribution in [2.24, 2.45) is 5.14 Å². The van der Waals surface area contributed by atoms with E-state index in [2.05, 4.69) is 15.5 Å². The molecule has 73 valence electrons. The number of rotatable bonds is 2. The predicted molar refractivity (Wildman–Crippen MR) is 51.3 cm³/mol. The summed E-state index contributed by atoms with van der Waals surface area (Å²) < 4.78 is 21.1. The molecule has 0 fully saturated rings. The monoisotopic (exact) mass is 245 g/mol. The van der Waals surface area contributed by atoms with E-state index in [1.807, 2.05) is 0 Å². The Hall–Kier alpha value is -0.0600. The Morgan fingerprint density at radius 1 is 1.50 bits per heavy atom. The Balaban J connectivity index is 0.00000169. The van der Waals surface area contributed by atoms with Crippen LogP contribution in [-0.4, -0.2) is 54.1 Å². The van der Waals surface area contributed by atoms with Crippen LogP contribution < -0.4 is 10.5 Å². The van der Waals surface area contributed by atoms with Gasteiger partial charge in [0.05, 0.1) is 0 Å². The summed E-state index contributed by atoms with van der Waals surface area (Å²) in [6.45, 7) is 1.28. The molecule has 0 spiro atoms. The molecule has 0 saturated carbocycles. The molecule has 0 bridgehead atoms.